The van der Waals surface area contributed by atoms with Crippen molar-refractivity contribution in [1.82, 2.24) is 4.90 Å². The van der Waals surface area contributed by atoms with E-state index in [0.717, 1.165) is 43.0 Å². The van der Waals surface area contributed by atoms with Crippen molar-refractivity contribution < 1.29 is 19.3 Å². The number of ether oxygens (including phenoxy) is 3. The number of hydrogen-bond donors (Lipinski definition) is 1. The van der Waals surface area contributed by atoms with Gasteiger partial charge in [-0.2, -0.15) is 0 Å². The molecule has 5 nitrogen and oxygen atoms in total. The third-order valence-electron chi connectivity index (χ3n) is 3.52. The molecule has 1 rings (SSSR count). The Balaban J connectivity index is 2.78. The van der Waals surface area contributed by atoms with Gasteiger partial charge in [0.15, 0.2) is 0 Å². The molecule has 1 aromatic carbocycles. The molecule has 1 atom stereocenters. The Labute approximate surface area is 133 Å². The molecule has 0 amide bonds. The first kappa shape index (κ1) is 18.7. The maximum Gasteiger partial charge on any atom is 0.122 e. The summed E-state index contributed by atoms with van der Waals surface area (Å²) < 4.78 is 15.8. The van der Waals surface area contributed by atoms with Crippen molar-refractivity contribution in [2.45, 2.75) is 32.4 Å². The predicted octanol–water partition coefficient (Wildman–Crippen LogP) is 2.31. The monoisotopic (exact) mass is 311 g/mol. The van der Waals surface area contributed by atoms with Gasteiger partial charge in [0.25, 0.3) is 0 Å². The summed E-state index contributed by atoms with van der Waals surface area (Å²) in [6.45, 7) is 4.85. The predicted molar refractivity (Wildman–Crippen MR) is 87.6 cm³/mol. The van der Waals surface area contributed by atoms with Gasteiger partial charge in [0, 0.05) is 32.8 Å². The molecule has 1 N–H and O–H groups in total. The highest BCUT2D eigenvalue weighted by Gasteiger charge is 2.13. The summed E-state index contributed by atoms with van der Waals surface area (Å²) in [6.07, 6.45) is 1.48. The Morgan fingerprint density at radius 1 is 1.09 bits per heavy atom. The number of nitrogens with zero attached hydrogens (tertiary/aromatic N) is 1. The van der Waals surface area contributed by atoms with Gasteiger partial charge >= 0.3 is 0 Å². The molecule has 0 saturated carbocycles. The van der Waals surface area contributed by atoms with Crippen molar-refractivity contribution in [2.75, 3.05) is 41.0 Å². The smallest absolute Gasteiger partial charge is 0.122 e. The molecule has 0 fully saturated rings. The zero-order valence-corrected chi connectivity index (χ0v) is 14.2. The topological polar surface area (TPSA) is 51.2 Å². The minimum Gasteiger partial charge on any atom is -0.497 e. The first-order chi connectivity index (χ1) is 10.6. The molecule has 0 aromatic heterocycles. The van der Waals surface area contributed by atoms with E-state index in [4.69, 9.17) is 14.2 Å². The van der Waals surface area contributed by atoms with Crippen LogP contribution in [-0.2, 0) is 11.3 Å². The summed E-state index contributed by atoms with van der Waals surface area (Å²) in [5, 5.41) is 10.1. The lowest BCUT2D eigenvalue weighted by atomic mass is 10.1. The van der Waals surface area contributed by atoms with E-state index in [1.807, 2.05) is 18.2 Å². The van der Waals surface area contributed by atoms with Crippen LogP contribution in [0.2, 0.25) is 0 Å². The van der Waals surface area contributed by atoms with Crippen LogP contribution in [0.1, 0.15) is 25.3 Å². The second kappa shape index (κ2) is 10.4. The molecule has 0 radical (unpaired) electrons. The molecule has 0 aliphatic carbocycles. The van der Waals surface area contributed by atoms with Gasteiger partial charge in [0.1, 0.15) is 11.5 Å². The van der Waals surface area contributed by atoms with E-state index < -0.39 is 0 Å². The fourth-order valence-electron chi connectivity index (χ4n) is 2.39. The Morgan fingerprint density at radius 2 is 1.73 bits per heavy atom. The highest BCUT2D eigenvalue weighted by molar-refractivity contribution is 5.38. The molecule has 0 aliphatic heterocycles. The van der Waals surface area contributed by atoms with Crippen LogP contribution >= 0.6 is 0 Å². The lowest BCUT2D eigenvalue weighted by molar-refractivity contribution is 0.0799. The highest BCUT2D eigenvalue weighted by Crippen LogP contribution is 2.23. The standard InChI is InChI=1S/C17H29NO4/c1-5-6-15(19)13-18(7-8-20-2)12-14-9-16(21-3)11-17(10-14)22-4/h9-11,15,19H,5-8,12-13H2,1-4H3. The molecule has 0 bridgehead atoms. The van der Waals surface area contributed by atoms with Crippen molar-refractivity contribution in [3.63, 3.8) is 0 Å². The zero-order valence-electron chi connectivity index (χ0n) is 14.2. The van der Waals surface area contributed by atoms with Crippen molar-refractivity contribution >= 4 is 0 Å². The molecule has 22 heavy (non-hydrogen) atoms. The Kier molecular flexibility index (Phi) is 8.89. The molecule has 0 heterocycles. The van der Waals surface area contributed by atoms with E-state index in [9.17, 15) is 5.11 Å². The average Bonchev–Trinajstić information content (AvgIpc) is 2.52. The molecule has 1 unspecified atom stereocenters. The Bertz CT molecular complexity index is 403. The molecule has 5 heteroatoms. The fraction of sp³-hybridized carbons (Fsp3) is 0.647. The van der Waals surface area contributed by atoms with E-state index in [1.165, 1.54) is 0 Å². The normalized spacial score (nSPS) is 12.5. The third-order valence-corrected chi connectivity index (χ3v) is 3.52. The number of rotatable bonds is 11. The van der Waals surface area contributed by atoms with E-state index in [2.05, 4.69) is 11.8 Å². The summed E-state index contributed by atoms with van der Waals surface area (Å²) >= 11 is 0. The van der Waals surface area contributed by atoms with Gasteiger partial charge in [0.05, 0.1) is 26.9 Å². The molecule has 0 aliphatic rings. The molecule has 0 spiro atoms. The van der Waals surface area contributed by atoms with Crippen molar-refractivity contribution in [3.05, 3.63) is 23.8 Å². The number of hydrogen-bond acceptors (Lipinski definition) is 5. The van der Waals surface area contributed by atoms with Crippen molar-refractivity contribution in [2.24, 2.45) is 0 Å². The Hall–Kier alpha value is -1.30. The highest BCUT2D eigenvalue weighted by atomic mass is 16.5. The third kappa shape index (κ3) is 6.64. The average molecular weight is 311 g/mol. The molecule has 126 valence electrons. The molecular weight excluding hydrogens is 282 g/mol. The van der Waals surface area contributed by atoms with Gasteiger partial charge in [-0.1, -0.05) is 13.3 Å². The van der Waals surface area contributed by atoms with E-state index in [-0.39, 0.29) is 6.10 Å². The maximum atomic E-state index is 10.1. The van der Waals surface area contributed by atoms with E-state index in [0.29, 0.717) is 13.2 Å². The van der Waals surface area contributed by atoms with E-state index in [1.54, 1.807) is 21.3 Å². The lowest BCUT2D eigenvalue weighted by Crippen LogP contribution is -2.34. The van der Waals surface area contributed by atoms with Gasteiger partial charge in [-0.25, -0.2) is 0 Å². The van der Waals surface area contributed by atoms with Crippen LogP contribution in [0.25, 0.3) is 0 Å². The van der Waals surface area contributed by atoms with Crippen molar-refractivity contribution in [3.8, 4) is 11.5 Å². The Morgan fingerprint density at radius 3 is 2.23 bits per heavy atom. The van der Waals surface area contributed by atoms with Crippen LogP contribution in [0.4, 0.5) is 0 Å². The van der Waals surface area contributed by atoms with E-state index >= 15 is 0 Å². The first-order valence-electron chi connectivity index (χ1n) is 7.74. The van der Waals surface area contributed by atoms with Crippen LogP contribution in [-0.4, -0.2) is 57.1 Å². The second-order valence-corrected chi connectivity index (χ2v) is 5.39. The van der Waals surface area contributed by atoms with Gasteiger partial charge in [-0.05, 0) is 24.1 Å². The summed E-state index contributed by atoms with van der Waals surface area (Å²) in [6, 6.07) is 5.85. The second-order valence-electron chi connectivity index (χ2n) is 5.39. The van der Waals surface area contributed by atoms with Gasteiger partial charge in [-0.3, -0.25) is 4.90 Å². The molecule has 1 aromatic rings. The quantitative estimate of drug-likeness (QED) is 0.679. The lowest BCUT2D eigenvalue weighted by Gasteiger charge is -2.25. The number of aliphatic hydroxyl groups excluding tert-OH is 1. The summed E-state index contributed by atoms with van der Waals surface area (Å²) in [5.41, 5.74) is 1.09. The summed E-state index contributed by atoms with van der Waals surface area (Å²) in [4.78, 5) is 2.19. The molecule has 0 saturated heterocycles. The SMILES string of the molecule is CCCC(O)CN(CCOC)Cc1cc(OC)cc(OC)c1. The van der Waals surface area contributed by atoms with Gasteiger partial charge < -0.3 is 19.3 Å². The summed E-state index contributed by atoms with van der Waals surface area (Å²) in [7, 11) is 4.98. The first-order valence-corrected chi connectivity index (χ1v) is 7.74. The van der Waals surface area contributed by atoms with Crippen molar-refractivity contribution in [1.29, 1.82) is 0 Å². The van der Waals surface area contributed by atoms with Crippen LogP contribution in [0.3, 0.4) is 0 Å². The fourth-order valence-corrected chi connectivity index (χ4v) is 2.39. The van der Waals surface area contributed by atoms with Crippen LogP contribution in [0, 0.1) is 0 Å². The van der Waals surface area contributed by atoms with Gasteiger partial charge in [0.2, 0.25) is 0 Å². The number of aliphatic hydroxyl groups is 1. The van der Waals surface area contributed by atoms with Gasteiger partial charge in [-0.15, -0.1) is 0 Å². The number of benzene rings is 1. The summed E-state index contributed by atoms with van der Waals surface area (Å²) in [5.74, 6) is 1.55. The number of methoxy groups -OCH3 is 3. The minimum absolute atomic E-state index is 0.311. The maximum absolute atomic E-state index is 10.1. The molecular formula is C17H29NO4. The largest absolute Gasteiger partial charge is 0.497 e. The van der Waals surface area contributed by atoms with Crippen LogP contribution < -0.4 is 9.47 Å². The minimum atomic E-state index is -0.311. The van der Waals surface area contributed by atoms with Crippen LogP contribution in [0.5, 0.6) is 11.5 Å². The zero-order chi connectivity index (χ0) is 16.4. The van der Waals surface area contributed by atoms with Crippen LogP contribution in [0.15, 0.2) is 18.2 Å².